The van der Waals surface area contributed by atoms with Crippen molar-refractivity contribution >= 4 is 5.97 Å². The number of hydrogen-bond acceptors (Lipinski definition) is 3. The fourth-order valence-corrected chi connectivity index (χ4v) is 1.77. The molecule has 0 saturated heterocycles. The third-order valence-electron chi connectivity index (χ3n) is 2.55. The molecule has 2 rings (SSSR count). The van der Waals surface area contributed by atoms with Crippen molar-refractivity contribution in [1.82, 2.24) is 0 Å². The molecule has 2 atom stereocenters. The second-order valence-electron chi connectivity index (χ2n) is 3.73. The van der Waals surface area contributed by atoms with E-state index in [0.717, 1.165) is 17.7 Å². The number of benzene rings is 1. The highest BCUT2D eigenvalue weighted by Crippen LogP contribution is 2.29. The lowest BCUT2D eigenvalue weighted by Crippen LogP contribution is -2.35. The number of hydrogen-bond donors (Lipinski definition) is 2. The number of ether oxygens (including phenoxy) is 1. The Bertz CT molecular complexity index is 353. The van der Waals surface area contributed by atoms with Crippen LogP contribution in [0.3, 0.4) is 0 Å². The first-order chi connectivity index (χ1) is 7.16. The van der Waals surface area contributed by atoms with Gasteiger partial charge in [-0.15, -0.1) is 0 Å². The van der Waals surface area contributed by atoms with Crippen LogP contribution in [0.15, 0.2) is 24.3 Å². The van der Waals surface area contributed by atoms with Crippen LogP contribution in [0.25, 0.3) is 0 Å². The van der Waals surface area contributed by atoms with Crippen LogP contribution in [0.4, 0.5) is 0 Å². The molecule has 15 heavy (non-hydrogen) atoms. The van der Waals surface area contributed by atoms with E-state index in [1.165, 1.54) is 0 Å². The van der Waals surface area contributed by atoms with E-state index in [0.29, 0.717) is 6.42 Å². The van der Waals surface area contributed by atoms with Crippen LogP contribution in [0.2, 0.25) is 0 Å². The zero-order valence-electron chi connectivity index (χ0n) is 8.22. The van der Waals surface area contributed by atoms with Gasteiger partial charge in [0, 0.05) is 12.8 Å². The Hall–Kier alpha value is -1.55. The van der Waals surface area contributed by atoms with Gasteiger partial charge in [0.05, 0.1) is 0 Å². The minimum atomic E-state index is -0.977. The highest BCUT2D eigenvalue weighted by Gasteiger charge is 2.26. The van der Waals surface area contributed by atoms with Crippen molar-refractivity contribution in [2.75, 3.05) is 0 Å². The smallest absolute Gasteiger partial charge is 0.320 e. The zero-order chi connectivity index (χ0) is 10.8. The molecular weight excluding hydrogens is 194 g/mol. The van der Waals surface area contributed by atoms with E-state index < -0.39 is 12.0 Å². The number of carbonyl (C=O) groups is 1. The van der Waals surface area contributed by atoms with Crippen molar-refractivity contribution in [2.45, 2.75) is 25.0 Å². The maximum absolute atomic E-state index is 10.6. The first-order valence-corrected chi connectivity index (χ1v) is 4.90. The molecule has 0 radical (unpaired) electrons. The first kappa shape index (κ1) is 9.98. The molecule has 3 N–H and O–H groups in total. The van der Waals surface area contributed by atoms with E-state index in [4.69, 9.17) is 15.6 Å². The molecule has 1 aromatic carbocycles. The summed E-state index contributed by atoms with van der Waals surface area (Å²) in [6, 6.07) is 6.88. The third-order valence-corrected chi connectivity index (χ3v) is 2.55. The van der Waals surface area contributed by atoms with Crippen LogP contribution >= 0.6 is 0 Å². The van der Waals surface area contributed by atoms with Gasteiger partial charge in [-0.25, -0.2) is 0 Å². The van der Waals surface area contributed by atoms with E-state index in [1.807, 2.05) is 24.3 Å². The number of carboxylic acids is 1. The number of para-hydroxylation sites is 1. The Morgan fingerprint density at radius 2 is 2.33 bits per heavy atom. The number of rotatable bonds is 3. The zero-order valence-corrected chi connectivity index (χ0v) is 8.22. The Morgan fingerprint density at radius 1 is 1.60 bits per heavy atom. The van der Waals surface area contributed by atoms with Gasteiger partial charge < -0.3 is 15.6 Å². The number of carboxylic acid groups (broad SMARTS) is 1. The van der Waals surface area contributed by atoms with Gasteiger partial charge in [-0.05, 0) is 11.6 Å². The maximum Gasteiger partial charge on any atom is 0.320 e. The number of nitrogens with two attached hydrogens (primary N) is 1. The average Bonchev–Trinajstić information content (AvgIpc) is 2.59. The molecule has 0 fully saturated rings. The Balaban J connectivity index is 1.99. The molecule has 80 valence electrons. The van der Waals surface area contributed by atoms with Crippen LogP contribution < -0.4 is 10.5 Å². The molecule has 1 aliphatic heterocycles. The van der Waals surface area contributed by atoms with Crippen molar-refractivity contribution in [3.8, 4) is 5.75 Å². The van der Waals surface area contributed by atoms with Crippen molar-refractivity contribution in [1.29, 1.82) is 0 Å². The number of fused-ring (bicyclic) bond motifs is 1. The first-order valence-electron chi connectivity index (χ1n) is 4.90. The quantitative estimate of drug-likeness (QED) is 0.768. The lowest BCUT2D eigenvalue weighted by molar-refractivity contribution is -0.139. The lowest BCUT2D eigenvalue weighted by atomic mass is 10.0. The monoisotopic (exact) mass is 207 g/mol. The molecule has 0 amide bonds. The van der Waals surface area contributed by atoms with Crippen LogP contribution in [0.5, 0.6) is 5.75 Å². The van der Waals surface area contributed by atoms with Gasteiger partial charge in [0.1, 0.15) is 17.9 Å². The summed E-state index contributed by atoms with van der Waals surface area (Å²) < 4.78 is 5.58. The summed E-state index contributed by atoms with van der Waals surface area (Å²) in [5.74, 6) is -0.130. The Kier molecular flexibility index (Phi) is 2.60. The van der Waals surface area contributed by atoms with Crippen LogP contribution in [-0.4, -0.2) is 23.2 Å². The van der Waals surface area contributed by atoms with E-state index in [2.05, 4.69) is 0 Å². The second-order valence-corrected chi connectivity index (χ2v) is 3.73. The van der Waals surface area contributed by atoms with Gasteiger partial charge in [0.15, 0.2) is 0 Å². The molecule has 0 bridgehead atoms. The predicted molar refractivity (Wildman–Crippen MR) is 54.8 cm³/mol. The highest BCUT2D eigenvalue weighted by atomic mass is 16.5. The molecular formula is C11H13NO3. The summed E-state index contributed by atoms with van der Waals surface area (Å²) in [7, 11) is 0. The summed E-state index contributed by atoms with van der Waals surface area (Å²) in [6.07, 6.45) is 0.995. The van der Waals surface area contributed by atoms with Gasteiger partial charge in [-0.2, -0.15) is 0 Å². The molecule has 0 aromatic heterocycles. The molecule has 1 aromatic rings. The molecule has 1 aliphatic rings. The summed E-state index contributed by atoms with van der Waals surface area (Å²) >= 11 is 0. The minimum Gasteiger partial charge on any atom is -0.490 e. The predicted octanol–water partition coefficient (Wildman–Crippen LogP) is 0.792. The molecule has 1 heterocycles. The normalized spacial score (nSPS) is 20.5. The van der Waals surface area contributed by atoms with Crippen LogP contribution in [-0.2, 0) is 11.2 Å². The summed E-state index contributed by atoms with van der Waals surface area (Å²) in [6.45, 7) is 0. The standard InChI is InChI=1S/C11H13NO3/c12-9(11(13)14)6-8-5-7-3-1-2-4-10(7)15-8/h1-4,8-9H,5-6,12H2,(H,13,14)/t8?,9-/m1/s1. The van der Waals surface area contributed by atoms with Crippen molar-refractivity contribution in [3.63, 3.8) is 0 Å². The van der Waals surface area contributed by atoms with Gasteiger partial charge in [0.2, 0.25) is 0 Å². The van der Waals surface area contributed by atoms with Crippen molar-refractivity contribution < 1.29 is 14.6 Å². The Labute approximate surface area is 87.7 Å². The summed E-state index contributed by atoms with van der Waals surface area (Å²) in [4.78, 5) is 10.6. The number of aliphatic carboxylic acids is 1. The van der Waals surface area contributed by atoms with Gasteiger partial charge in [-0.3, -0.25) is 4.79 Å². The Morgan fingerprint density at radius 3 is 3.00 bits per heavy atom. The van der Waals surface area contributed by atoms with E-state index in [9.17, 15) is 4.79 Å². The fraction of sp³-hybridized carbons (Fsp3) is 0.364. The van der Waals surface area contributed by atoms with Gasteiger partial charge in [-0.1, -0.05) is 18.2 Å². The van der Waals surface area contributed by atoms with E-state index in [-0.39, 0.29) is 6.10 Å². The van der Waals surface area contributed by atoms with E-state index in [1.54, 1.807) is 0 Å². The van der Waals surface area contributed by atoms with Crippen molar-refractivity contribution in [3.05, 3.63) is 29.8 Å². The molecule has 1 unspecified atom stereocenters. The molecule has 4 heteroatoms. The summed E-state index contributed by atoms with van der Waals surface area (Å²) in [5.41, 5.74) is 6.58. The third kappa shape index (κ3) is 2.10. The fourth-order valence-electron chi connectivity index (χ4n) is 1.77. The molecule has 0 spiro atoms. The lowest BCUT2D eigenvalue weighted by Gasteiger charge is -2.12. The van der Waals surface area contributed by atoms with Crippen LogP contribution in [0.1, 0.15) is 12.0 Å². The SMILES string of the molecule is N[C@H](CC1Cc2ccccc2O1)C(=O)O. The molecule has 4 nitrogen and oxygen atoms in total. The van der Waals surface area contributed by atoms with Gasteiger partial charge in [0.25, 0.3) is 0 Å². The highest BCUT2D eigenvalue weighted by molar-refractivity contribution is 5.73. The maximum atomic E-state index is 10.6. The molecule has 0 saturated carbocycles. The van der Waals surface area contributed by atoms with E-state index >= 15 is 0 Å². The summed E-state index contributed by atoms with van der Waals surface area (Å²) in [5, 5.41) is 8.68. The van der Waals surface area contributed by atoms with Crippen molar-refractivity contribution in [2.24, 2.45) is 5.73 Å². The minimum absolute atomic E-state index is 0.103. The van der Waals surface area contributed by atoms with Crippen LogP contribution in [0, 0.1) is 0 Å². The van der Waals surface area contributed by atoms with Gasteiger partial charge >= 0.3 is 5.97 Å². The molecule has 0 aliphatic carbocycles. The second kappa shape index (κ2) is 3.90. The largest absolute Gasteiger partial charge is 0.490 e. The topological polar surface area (TPSA) is 72.5 Å². The average molecular weight is 207 g/mol.